The highest BCUT2D eigenvalue weighted by Crippen LogP contribution is 2.39. The number of halogens is 1. The minimum atomic E-state index is -3.52. The number of rotatable bonds is 9. The van der Waals surface area contributed by atoms with Crippen molar-refractivity contribution in [3.63, 3.8) is 0 Å². The van der Waals surface area contributed by atoms with Gasteiger partial charge in [0, 0.05) is 13.2 Å². The normalized spacial score (nSPS) is 16.6. The molecular formula is C26H34ClN7O3S. The van der Waals surface area contributed by atoms with Crippen LogP contribution in [-0.4, -0.2) is 52.6 Å². The summed E-state index contributed by atoms with van der Waals surface area (Å²) in [7, 11) is -1.84. The van der Waals surface area contributed by atoms with E-state index >= 15 is 0 Å². The topological polar surface area (TPSA) is 123 Å². The zero-order valence-corrected chi connectivity index (χ0v) is 23.7. The Kier molecular flexibility index (Phi) is 7.52. The van der Waals surface area contributed by atoms with Crippen molar-refractivity contribution in [3.8, 4) is 5.75 Å². The van der Waals surface area contributed by atoms with E-state index in [1.807, 2.05) is 13.8 Å². The molecular weight excluding hydrogens is 526 g/mol. The number of aromatic nitrogens is 4. The summed E-state index contributed by atoms with van der Waals surface area (Å²) in [4.78, 5) is 8.91. The molecule has 1 aliphatic heterocycles. The lowest BCUT2D eigenvalue weighted by atomic mass is 9.87. The molecule has 5 rings (SSSR count). The molecule has 12 heteroatoms. The first kappa shape index (κ1) is 26.7. The van der Waals surface area contributed by atoms with E-state index in [0.717, 1.165) is 37.4 Å². The number of ether oxygens (including phenoxy) is 1. The number of hydrogen-bond acceptors (Lipinski definition) is 9. The average molecular weight is 560 g/mol. The SMILES string of the molecule is Cc1cc(Nc2ncc(Cl)c(Nc3cn(C)nc3S(=O)(=O)C3CC3)n2)c(OC(C)C)cc1C1CCNCC1. The number of nitrogens with zero attached hydrogens (tertiary/aromatic N) is 4. The Bertz CT molecular complexity index is 1430. The largest absolute Gasteiger partial charge is 0.489 e. The number of nitrogens with one attached hydrogen (secondary N) is 3. The minimum Gasteiger partial charge on any atom is -0.489 e. The zero-order chi connectivity index (χ0) is 27.0. The number of hydrogen-bond donors (Lipinski definition) is 3. The Hall–Kier alpha value is -2.89. The van der Waals surface area contributed by atoms with E-state index in [-0.39, 0.29) is 27.2 Å². The summed E-state index contributed by atoms with van der Waals surface area (Å²) in [6.07, 6.45) is 6.56. The van der Waals surface area contributed by atoms with Crippen molar-refractivity contribution in [1.29, 1.82) is 0 Å². The van der Waals surface area contributed by atoms with Crippen LogP contribution in [0.3, 0.4) is 0 Å². The molecule has 2 aromatic heterocycles. The Morgan fingerprint density at radius 3 is 2.55 bits per heavy atom. The Morgan fingerprint density at radius 2 is 1.87 bits per heavy atom. The molecule has 1 saturated heterocycles. The fourth-order valence-electron chi connectivity index (χ4n) is 4.79. The summed E-state index contributed by atoms with van der Waals surface area (Å²) >= 11 is 6.41. The zero-order valence-electron chi connectivity index (χ0n) is 22.1. The molecule has 0 radical (unpaired) electrons. The lowest BCUT2D eigenvalue weighted by Crippen LogP contribution is -2.27. The van der Waals surface area contributed by atoms with Gasteiger partial charge in [-0.2, -0.15) is 10.1 Å². The molecule has 1 aliphatic carbocycles. The van der Waals surface area contributed by atoms with Crippen LogP contribution in [0.5, 0.6) is 5.75 Å². The molecule has 0 unspecified atom stereocenters. The maximum absolute atomic E-state index is 12.9. The quantitative estimate of drug-likeness (QED) is 0.337. The first-order valence-electron chi connectivity index (χ1n) is 13.0. The second-order valence-corrected chi connectivity index (χ2v) is 12.9. The van der Waals surface area contributed by atoms with Crippen LogP contribution >= 0.6 is 11.6 Å². The van der Waals surface area contributed by atoms with E-state index in [9.17, 15) is 8.42 Å². The molecule has 0 spiro atoms. The van der Waals surface area contributed by atoms with Gasteiger partial charge in [0.2, 0.25) is 20.8 Å². The highest BCUT2D eigenvalue weighted by molar-refractivity contribution is 7.92. The standard InChI is InChI=1S/C26H34ClN7O3S/c1-15(2)37-23-12-19(17-7-9-28-10-8-17)16(3)11-21(23)31-26-29-13-20(27)24(32-26)30-22-14-34(4)33-25(22)38(35,36)18-5-6-18/h11-15,17-18,28H,5-10H2,1-4H3,(H2,29,30,31,32). The molecule has 38 heavy (non-hydrogen) atoms. The molecule has 10 nitrogen and oxygen atoms in total. The second kappa shape index (κ2) is 10.7. The summed E-state index contributed by atoms with van der Waals surface area (Å²) in [6.45, 7) is 8.13. The first-order valence-corrected chi connectivity index (χ1v) is 14.9. The number of sulfone groups is 1. The summed E-state index contributed by atoms with van der Waals surface area (Å²) in [5.74, 6) is 1.80. The fraction of sp³-hybridized carbons (Fsp3) is 0.500. The molecule has 3 N–H and O–H groups in total. The van der Waals surface area contributed by atoms with Crippen molar-refractivity contribution in [3.05, 3.63) is 40.7 Å². The number of piperidine rings is 1. The van der Waals surface area contributed by atoms with E-state index in [1.54, 1.807) is 13.2 Å². The van der Waals surface area contributed by atoms with Gasteiger partial charge in [0.25, 0.3) is 0 Å². The van der Waals surface area contributed by atoms with E-state index in [4.69, 9.17) is 16.3 Å². The fourth-order valence-corrected chi connectivity index (χ4v) is 6.65. The maximum Gasteiger partial charge on any atom is 0.229 e. The van der Waals surface area contributed by atoms with Gasteiger partial charge in [-0.3, -0.25) is 4.68 Å². The van der Waals surface area contributed by atoms with Crippen LogP contribution in [0.2, 0.25) is 5.02 Å². The summed E-state index contributed by atoms with van der Waals surface area (Å²) in [6, 6.07) is 4.20. The van der Waals surface area contributed by atoms with Crippen LogP contribution in [0.1, 0.15) is 56.6 Å². The van der Waals surface area contributed by atoms with Crippen molar-refractivity contribution in [2.45, 2.75) is 68.8 Å². The lowest BCUT2D eigenvalue weighted by Gasteiger charge is -2.26. The van der Waals surface area contributed by atoms with Crippen molar-refractivity contribution < 1.29 is 13.2 Å². The first-order chi connectivity index (χ1) is 18.1. The molecule has 2 fully saturated rings. The highest BCUT2D eigenvalue weighted by atomic mass is 35.5. The molecule has 2 aliphatic rings. The van der Waals surface area contributed by atoms with E-state index in [2.05, 4.69) is 50.1 Å². The van der Waals surface area contributed by atoms with Gasteiger partial charge < -0.3 is 20.7 Å². The maximum atomic E-state index is 12.9. The van der Waals surface area contributed by atoms with Gasteiger partial charge in [-0.15, -0.1) is 0 Å². The van der Waals surface area contributed by atoms with Crippen LogP contribution < -0.4 is 20.7 Å². The molecule has 1 saturated carbocycles. The molecule has 1 aromatic carbocycles. The van der Waals surface area contributed by atoms with E-state index < -0.39 is 9.84 Å². The third kappa shape index (κ3) is 5.74. The van der Waals surface area contributed by atoms with Gasteiger partial charge in [0.1, 0.15) is 10.8 Å². The third-order valence-electron chi connectivity index (χ3n) is 6.78. The Morgan fingerprint density at radius 1 is 1.13 bits per heavy atom. The summed E-state index contributed by atoms with van der Waals surface area (Å²) in [5, 5.41) is 13.8. The Balaban J connectivity index is 1.44. The lowest BCUT2D eigenvalue weighted by molar-refractivity contribution is 0.243. The van der Waals surface area contributed by atoms with Crippen LogP contribution in [0.4, 0.5) is 23.1 Å². The molecule has 3 heterocycles. The average Bonchev–Trinajstić information content (AvgIpc) is 3.66. The van der Waals surface area contributed by atoms with Crippen LogP contribution in [-0.2, 0) is 16.9 Å². The minimum absolute atomic E-state index is 0.00318. The molecule has 3 aromatic rings. The van der Waals surface area contributed by atoms with E-state index in [1.165, 1.54) is 22.0 Å². The highest BCUT2D eigenvalue weighted by Gasteiger charge is 2.40. The van der Waals surface area contributed by atoms with Crippen molar-refractivity contribution in [2.75, 3.05) is 23.7 Å². The van der Waals surface area contributed by atoms with Gasteiger partial charge in [0.05, 0.1) is 28.9 Å². The predicted octanol–water partition coefficient (Wildman–Crippen LogP) is 4.85. The van der Waals surface area contributed by atoms with Gasteiger partial charge in [-0.05, 0) is 88.7 Å². The monoisotopic (exact) mass is 559 g/mol. The van der Waals surface area contributed by atoms with Crippen molar-refractivity contribution in [1.82, 2.24) is 25.1 Å². The van der Waals surface area contributed by atoms with Crippen molar-refractivity contribution >= 4 is 44.6 Å². The summed E-state index contributed by atoms with van der Waals surface area (Å²) < 4.78 is 33.5. The molecule has 0 atom stereocenters. The van der Waals surface area contributed by atoms with Crippen LogP contribution in [0, 0.1) is 6.92 Å². The van der Waals surface area contributed by atoms with Crippen LogP contribution in [0.25, 0.3) is 0 Å². The van der Waals surface area contributed by atoms with Crippen molar-refractivity contribution in [2.24, 2.45) is 7.05 Å². The van der Waals surface area contributed by atoms with Gasteiger partial charge in [-0.1, -0.05) is 11.6 Å². The second-order valence-electron chi connectivity index (χ2n) is 10.3. The molecule has 0 amide bonds. The van der Waals surface area contributed by atoms with Crippen LogP contribution in [0.15, 0.2) is 29.6 Å². The summed E-state index contributed by atoms with van der Waals surface area (Å²) in [5.41, 5.74) is 3.55. The number of aryl methyl sites for hydroxylation is 2. The molecule has 204 valence electrons. The Labute approximate surface area is 228 Å². The van der Waals surface area contributed by atoms with E-state index in [0.29, 0.717) is 30.4 Å². The number of benzene rings is 1. The van der Waals surface area contributed by atoms with Gasteiger partial charge in [0.15, 0.2) is 5.82 Å². The van der Waals surface area contributed by atoms with Gasteiger partial charge >= 0.3 is 0 Å². The van der Waals surface area contributed by atoms with Gasteiger partial charge in [-0.25, -0.2) is 13.4 Å². The third-order valence-corrected chi connectivity index (χ3v) is 9.25. The number of anilines is 4. The smallest absolute Gasteiger partial charge is 0.229 e. The predicted molar refractivity (Wildman–Crippen MR) is 149 cm³/mol. The molecule has 0 bridgehead atoms.